The van der Waals surface area contributed by atoms with Crippen LogP contribution in [-0.2, 0) is 4.79 Å². The van der Waals surface area contributed by atoms with E-state index in [1.165, 1.54) is 0 Å². The fraction of sp³-hybridized carbons (Fsp3) is 0.500. The van der Waals surface area contributed by atoms with Gasteiger partial charge in [0.25, 0.3) is 5.91 Å². The van der Waals surface area contributed by atoms with Crippen LogP contribution < -0.4 is 0 Å². The molecule has 1 aliphatic rings. The molecule has 1 amide bonds. The van der Waals surface area contributed by atoms with Crippen molar-refractivity contribution in [2.75, 3.05) is 13.1 Å². The monoisotopic (exact) mass is 259 g/mol. The summed E-state index contributed by atoms with van der Waals surface area (Å²) >= 11 is 0. The van der Waals surface area contributed by atoms with Crippen LogP contribution in [0.25, 0.3) is 0 Å². The fourth-order valence-electron chi connectivity index (χ4n) is 2.92. The zero-order chi connectivity index (χ0) is 13.7. The molecule has 2 atom stereocenters. The van der Waals surface area contributed by atoms with Crippen molar-refractivity contribution in [1.29, 1.82) is 0 Å². The van der Waals surface area contributed by atoms with Gasteiger partial charge in [-0.3, -0.25) is 4.79 Å². The number of carbonyl (C=O) groups excluding carboxylic acids is 2. The first-order valence-corrected chi connectivity index (χ1v) is 7.04. The lowest BCUT2D eigenvalue weighted by Gasteiger charge is -2.37. The first-order valence-electron chi connectivity index (χ1n) is 7.04. The minimum atomic E-state index is 0.114. The average molecular weight is 259 g/mol. The third-order valence-corrected chi connectivity index (χ3v) is 4.12. The van der Waals surface area contributed by atoms with Crippen molar-refractivity contribution in [2.24, 2.45) is 11.8 Å². The van der Waals surface area contributed by atoms with Crippen molar-refractivity contribution in [3.05, 3.63) is 35.9 Å². The molecule has 1 aromatic carbocycles. The Bertz CT molecular complexity index is 430. The van der Waals surface area contributed by atoms with Crippen LogP contribution in [0, 0.1) is 11.8 Å². The highest BCUT2D eigenvalue weighted by atomic mass is 16.2. The number of benzene rings is 1. The summed E-state index contributed by atoms with van der Waals surface area (Å²) in [6.07, 6.45) is 3.61. The maximum absolute atomic E-state index is 12.4. The van der Waals surface area contributed by atoms with Gasteiger partial charge in [0, 0.05) is 25.1 Å². The summed E-state index contributed by atoms with van der Waals surface area (Å²) in [5.74, 6) is 1.01. The lowest BCUT2D eigenvalue weighted by atomic mass is 9.82. The molecule has 1 fully saturated rings. The van der Waals surface area contributed by atoms with E-state index in [2.05, 4.69) is 6.92 Å². The van der Waals surface area contributed by atoms with Gasteiger partial charge >= 0.3 is 0 Å². The number of hydrogen-bond donors (Lipinski definition) is 0. The van der Waals surface area contributed by atoms with Crippen molar-refractivity contribution in [3.63, 3.8) is 0 Å². The molecule has 1 heterocycles. The quantitative estimate of drug-likeness (QED) is 0.780. The fourth-order valence-corrected chi connectivity index (χ4v) is 2.92. The van der Waals surface area contributed by atoms with Crippen molar-refractivity contribution in [2.45, 2.75) is 26.2 Å². The molecule has 2 rings (SSSR count). The van der Waals surface area contributed by atoms with E-state index < -0.39 is 0 Å². The molecule has 1 aliphatic heterocycles. The number of amides is 1. The molecule has 0 aliphatic carbocycles. The van der Waals surface area contributed by atoms with Gasteiger partial charge < -0.3 is 9.69 Å². The summed E-state index contributed by atoms with van der Waals surface area (Å²) in [6.45, 7) is 3.68. The molecule has 0 N–H and O–H groups in total. The second-order valence-electron chi connectivity index (χ2n) is 5.24. The lowest BCUT2D eigenvalue weighted by Crippen LogP contribution is -2.43. The van der Waals surface area contributed by atoms with Gasteiger partial charge in [-0.2, -0.15) is 0 Å². The molecule has 1 aromatic rings. The largest absolute Gasteiger partial charge is 0.338 e. The molecular weight excluding hydrogens is 238 g/mol. The van der Waals surface area contributed by atoms with E-state index >= 15 is 0 Å². The van der Waals surface area contributed by atoms with E-state index in [-0.39, 0.29) is 5.91 Å². The molecule has 1 saturated heterocycles. The highest BCUT2D eigenvalue weighted by Crippen LogP contribution is 2.29. The first-order chi connectivity index (χ1) is 9.26. The number of hydrogen-bond acceptors (Lipinski definition) is 2. The van der Waals surface area contributed by atoms with Crippen LogP contribution in [0.15, 0.2) is 30.3 Å². The highest BCUT2D eigenvalue weighted by Gasteiger charge is 2.30. The summed E-state index contributed by atoms with van der Waals surface area (Å²) in [5, 5.41) is 0. The Morgan fingerprint density at radius 2 is 2.05 bits per heavy atom. The summed E-state index contributed by atoms with van der Waals surface area (Å²) < 4.78 is 0. The lowest BCUT2D eigenvalue weighted by molar-refractivity contribution is -0.109. The standard InChI is InChI=1S/C16H21NO2/c1-2-13-12-17(10-8-14(13)9-11-18)16(19)15-6-4-3-5-7-15/h3-7,11,13-14H,2,8-10,12H2,1H3/t13-,14?/m1/s1. The molecule has 3 heteroatoms. The van der Waals surface area contributed by atoms with Crippen molar-refractivity contribution in [3.8, 4) is 0 Å². The van der Waals surface area contributed by atoms with Crippen molar-refractivity contribution < 1.29 is 9.59 Å². The van der Waals surface area contributed by atoms with Gasteiger partial charge in [-0.25, -0.2) is 0 Å². The Morgan fingerprint density at radius 3 is 2.68 bits per heavy atom. The van der Waals surface area contributed by atoms with Gasteiger partial charge in [-0.15, -0.1) is 0 Å². The van der Waals surface area contributed by atoms with E-state index in [9.17, 15) is 9.59 Å². The van der Waals surface area contributed by atoms with Crippen LogP contribution in [-0.4, -0.2) is 30.2 Å². The second-order valence-corrected chi connectivity index (χ2v) is 5.24. The highest BCUT2D eigenvalue weighted by molar-refractivity contribution is 5.94. The number of carbonyl (C=O) groups is 2. The zero-order valence-corrected chi connectivity index (χ0v) is 11.4. The topological polar surface area (TPSA) is 37.4 Å². The van der Waals surface area contributed by atoms with Crippen LogP contribution in [0.2, 0.25) is 0 Å². The number of aldehydes is 1. The minimum absolute atomic E-state index is 0.114. The Balaban J connectivity index is 2.03. The van der Waals surface area contributed by atoms with Gasteiger partial charge in [0.2, 0.25) is 0 Å². The Morgan fingerprint density at radius 1 is 1.32 bits per heavy atom. The molecule has 0 radical (unpaired) electrons. The molecular formula is C16H21NO2. The Labute approximate surface area is 114 Å². The molecule has 0 aromatic heterocycles. The van der Waals surface area contributed by atoms with Gasteiger partial charge in [-0.05, 0) is 30.4 Å². The Hall–Kier alpha value is -1.64. The van der Waals surface area contributed by atoms with E-state index in [1.54, 1.807) is 0 Å². The third-order valence-electron chi connectivity index (χ3n) is 4.12. The number of piperidine rings is 1. The average Bonchev–Trinajstić information content (AvgIpc) is 2.48. The van der Waals surface area contributed by atoms with Crippen LogP contribution >= 0.6 is 0 Å². The SMILES string of the molecule is CC[C@@H]1CN(C(=O)c2ccccc2)CCC1CC=O. The maximum Gasteiger partial charge on any atom is 0.253 e. The summed E-state index contributed by atoms with van der Waals surface area (Å²) in [6, 6.07) is 9.43. The molecule has 0 bridgehead atoms. The maximum atomic E-state index is 12.4. The van der Waals surface area contributed by atoms with Crippen molar-refractivity contribution in [1.82, 2.24) is 4.90 Å². The van der Waals surface area contributed by atoms with Gasteiger partial charge in [0.05, 0.1) is 0 Å². The predicted octanol–water partition coefficient (Wildman–Crippen LogP) is 2.76. The molecule has 1 unspecified atom stereocenters. The van der Waals surface area contributed by atoms with E-state index in [0.717, 1.165) is 37.8 Å². The Kier molecular flexibility index (Phi) is 4.72. The predicted molar refractivity (Wildman–Crippen MR) is 74.9 cm³/mol. The van der Waals surface area contributed by atoms with Crippen LogP contribution in [0.1, 0.15) is 36.5 Å². The number of rotatable bonds is 4. The molecule has 102 valence electrons. The minimum Gasteiger partial charge on any atom is -0.338 e. The van der Waals surface area contributed by atoms with Gasteiger partial charge in [0.1, 0.15) is 6.29 Å². The molecule has 19 heavy (non-hydrogen) atoms. The van der Waals surface area contributed by atoms with Crippen LogP contribution in [0.5, 0.6) is 0 Å². The number of nitrogens with zero attached hydrogens (tertiary/aromatic N) is 1. The summed E-state index contributed by atoms with van der Waals surface area (Å²) in [7, 11) is 0. The second kappa shape index (κ2) is 6.50. The van der Waals surface area contributed by atoms with Crippen molar-refractivity contribution >= 4 is 12.2 Å². The summed E-state index contributed by atoms with van der Waals surface area (Å²) in [4.78, 5) is 25.0. The molecule has 0 saturated carbocycles. The normalized spacial score (nSPS) is 23.1. The van der Waals surface area contributed by atoms with E-state index in [1.807, 2.05) is 35.2 Å². The molecule has 3 nitrogen and oxygen atoms in total. The van der Waals surface area contributed by atoms with Gasteiger partial charge in [0.15, 0.2) is 0 Å². The van der Waals surface area contributed by atoms with E-state index in [0.29, 0.717) is 18.3 Å². The van der Waals surface area contributed by atoms with E-state index in [4.69, 9.17) is 0 Å². The van der Waals surface area contributed by atoms with Crippen LogP contribution in [0.3, 0.4) is 0 Å². The number of likely N-dealkylation sites (tertiary alicyclic amines) is 1. The third kappa shape index (κ3) is 3.22. The van der Waals surface area contributed by atoms with Gasteiger partial charge in [-0.1, -0.05) is 31.5 Å². The van der Waals surface area contributed by atoms with Crippen LogP contribution in [0.4, 0.5) is 0 Å². The smallest absolute Gasteiger partial charge is 0.253 e. The molecule has 0 spiro atoms. The first kappa shape index (κ1) is 13.8. The summed E-state index contributed by atoms with van der Waals surface area (Å²) in [5.41, 5.74) is 0.756. The zero-order valence-electron chi connectivity index (χ0n) is 11.4.